The van der Waals surface area contributed by atoms with Crippen LogP contribution in [-0.2, 0) is 0 Å². The maximum atomic E-state index is 8.76. The van der Waals surface area contributed by atoms with Gasteiger partial charge in [0.25, 0.3) is 0 Å². The molecule has 0 aromatic heterocycles. The first-order valence-corrected chi connectivity index (χ1v) is 6.44. The van der Waals surface area contributed by atoms with Crippen LogP contribution in [0.25, 0.3) is 11.1 Å². The summed E-state index contributed by atoms with van der Waals surface area (Å²) in [6.45, 7) is 0.517. The number of hydrogen-bond donors (Lipinski definition) is 2. The van der Waals surface area contributed by atoms with E-state index in [4.69, 9.17) is 15.6 Å². The molecule has 2 rings (SSSR count). The van der Waals surface area contributed by atoms with E-state index in [0.717, 1.165) is 11.3 Å². The zero-order valence-corrected chi connectivity index (χ0v) is 10.8. The smallest absolute Gasteiger partial charge is 0.119 e. The third-order valence-electron chi connectivity index (χ3n) is 2.93. The number of hydrogen-bond acceptors (Lipinski definition) is 3. The van der Waals surface area contributed by atoms with Crippen molar-refractivity contribution < 1.29 is 9.84 Å². The molecule has 0 fully saturated rings. The molecule has 1 unspecified atom stereocenters. The van der Waals surface area contributed by atoms with E-state index < -0.39 is 0 Å². The lowest BCUT2D eigenvalue weighted by Crippen LogP contribution is -2.28. The molecule has 2 aromatic rings. The number of aliphatic hydroxyl groups is 1. The van der Waals surface area contributed by atoms with E-state index in [-0.39, 0.29) is 12.6 Å². The highest BCUT2D eigenvalue weighted by atomic mass is 16.5. The second-order valence-corrected chi connectivity index (χ2v) is 4.47. The van der Waals surface area contributed by atoms with Crippen molar-refractivity contribution >= 4 is 0 Å². The summed E-state index contributed by atoms with van der Waals surface area (Å²) in [6, 6.07) is 18.0. The van der Waals surface area contributed by atoms with Gasteiger partial charge in [-0.1, -0.05) is 42.5 Å². The quantitative estimate of drug-likeness (QED) is 0.835. The Morgan fingerprint density at radius 3 is 2.21 bits per heavy atom. The van der Waals surface area contributed by atoms with Gasteiger partial charge in [-0.25, -0.2) is 0 Å². The van der Waals surface area contributed by atoms with Crippen LogP contribution in [-0.4, -0.2) is 24.4 Å². The molecule has 0 saturated heterocycles. The van der Waals surface area contributed by atoms with E-state index in [2.05, 4.69) is 12.1 Å². The molecule has 19 heavy (non-hydrogen) atoms. The first kappa shape index (κ1) is 13.6. The largest absolute Gasteiger partial charge is 0.492 e. The number of nitrogens with two attached hydrogens (primary N) is 1. The fourth-order valence-corrected chi connectivity index (χ4v) is 1.83. The van der Waals surface area contributed by atoms with Gasteiger partial charge in [0.05, 0.1) is 0 Å². The Balaban J connectivity index is 1.95. The Bertz CT molecular complexity index is 482. The molecule has 3 N–H and O–H groups in total. The van der Waals surface area contributed by atoms with E-state index in [0.29, 0.717) is 13.0 Å². The van der Waals surface area contributed by atoms with Crippen LogP contribution < -0.4 is 10.5 Å². The molecule has 0 radical (unpaired) electrons. The van der Waals surface area contributed by atoms with E-state index >= 15 is 0 Å². The number of aliphatic hydroxyl groups excluding tert-OH is 1. The first-order valence-electron chi connectivity index (χ1n) is 6.44. The van der Waals surface area contributed by atoms with Crippen LogP contribution in [0.2, 0.25) is 0 Å². The van der Waals surface area contributed by atoms with Crippen LogP contribution in [0.3, 0.4) is 0 Å². The topological polar surface area (TPSA) is 55.5 Å². The van der Waals surface area contributed by atoms with Crippen molar-refractivity contribution in [1.82, 2.24) is 0 Å². The van der Waals surface area contributed by atoms with Crippen LogP contribution in [0.4, 0.5) is 0 Å². The predicted molar refractivity (Wildman–Crippen MR) is 77.1 cm³/mol. The Labute approximate surface area is 113 Å². The molecule has 3 heteroatoms. The minimum atomic E-state index is -0.126. The van der Waals surface area contributed by atoms with Crippen molar-refractivity contribution in [3.8, 4) is 16.9 Å². The lowest BCUT2D eigenvalue weighted by molar-refractivity contribution is 0.233. The molecule has 1 atom stereocenters. The minimum absolute atomic E-state index is 0.0947. The van der Waals surface area contributed by atoms with Crippen molar-refractivity contribution in [2.24, 2.45) is 5.73 Å². The molecule has 0 aliphatic rings. The lowest BCUT2D eigenvalue weighted by Gasteiger charge is -2.12. The summed E-state index contributed by atoms with van der Waals surface area (Å²) >= 11 is 0. The van der Waals surface area contributed by atoms with Crippen LogP contribution in [0.15, 0.2) is 54.6 Å². The molecular formula is C16H19NO2. The number of benzene rings is 2. The summed E-state index contributed by atoms with van der Waals surface area (Å²) in [4.78, 5) is 0. The van der Waals surface area contributed by atoms with Crippen molar-refractivity contribution in [2.45, 2.75) is 12.5 Å². The van der Waals surface area contributed by atoms with Gasteiger partial charge in [0.15, 0.2) is 0 Å². The average molecular weight is 257 g/mol. The fraction of sp³-hybridized carbons (Fsp3) is 0.250. The number of rotatable bonds is 6. The Morgan fingerprint density at radius 2 is 1.58 bits per heavy atom. The summed E-state index contributed by atoms with van der Waals surface area (Å²) in [5.41, 5.74) is 8.11. The zero-order valence-electron chi connectivity index (χ0n) is 10.8. The SMILES string of the molecule is NC(CCO)COc1ccc(-c2ccccc2)cc1. The summed E-state index contributed by atoms with van der Waals surface area (Å²) in [6.07, 6.45) is 0.558. The van der Waals surface area contributed by atoms with Gasteiger partial charge in [-0.3, -0.25) is 0 Å². The third-order valence-corrected chi connectivity index (χ3v) is 2.93. The Kier molecular flexibility index (Phi) is 4.95. The fourth-order valence-electron chi connectivity index (χ4n) is 1.83. The Morgan fingerprint density at radius 1 is 0.947 bits per heavy atom. The average Bonchev–Trinajstić information content (AvgIpc) is 2.47. The molecule has 0 bridgehead atoms. The van der Waals surface area contributed by atoms with Gasteiger partial charge in [-0.05, 0) is 29.7 Å². The molecule has 2 aromatic carbocycles. The lowest BCUT2D eigenvalue weighted by atomic mass is 10.1. The normalized spacial score (nSPS) is 12.1. The van der Waals surface area contributed by atoms with E-state index in [9.17, 15) is 0 Å². The molecule has 3 nitrogen and oxygen atoms in total. The van der Waals surface area contributed by atoms with Crippen LogP contribution in [0, 0.1) is 0 Å². The Hall–Kier alpha value is -1.84. The highest BCUT2D eigenvalue weighted by Crippen LogP contribution is 2.22. The van der Waals surface area contributed by atoms with Gasteiger partial charge < -0.3 is 15.6 Å². The van der Waals surface area contributed by atoms with Gasteiger partial charge in [0.1, 0.15) is 12.4 Å². The minimum Gasteiger partial charge on any atom is -0.492 e. The van der Waals surface area contributed by atoms with E-state index in [1.54, 1.807) is 0 Å². The molecule has 0 aliphatic carbocycles. The van der Waals surface area contributed by atoms with Crippen LogP contribution in [0.5, 0.6) is 5.75 Å². The van der Waals surface area contributed by atoms with Crippen LogP contribution >= 0.6 is 0 Å². The predicted octanol–water partition coefficient (Wildman–Crippen LogP) is 2.44. The second-order valence-electron chi connectivity index (χ2n) is 4.47. The van der Waals surface area contributed by atoms with Gasteiger partial charge in [-0.15, -0.1) is 0 Å². The molecule has 0 spiro atoms. The number of ether oxygens (including phenoxy) is 1. The maximum Gasteiger partial charge on any atom is 0.119 e. The van der Waals surface area contributed by atoms with Crippen molar-refractivity contribution in [1.29, 1.82) is 0 Å². The van der Waals surface area contributed by atoms with Gasteiger partial charge >= 0.3 is 0 Å². The summed E-state index contributed by atoms with van der Waals surface area (Å²) in [5.74, 6) is 0.799. The van der Waals surface area contributed by atoms with E-state index in [1.807, 2.05) is 42.5 Å². The monoisotopic (exact) mass is 257 g/mol. The summed E-state index contributed by atoms with van der Waals surface area (Å²) in [5, 5.41) is 8.76. The molecular weight excluding hydrogens is 238 g/mol. The third kappa shape index (κ3) is 4.09. The molecule has 0 heterocycles. The molecule has 100 valence electrons. The summed E-state index contributed by atoms with van der Waals surface area (Å²) < 4.78 is 5.58. The first-order chi connectivity index (χ1) is 9.29. The highest BCUT2D eigenvalue weighted by molar-refractivity contribution is 5.63. The summed E-state index contributed by atoms with van der Waals surface area (Å²) in [7, 11) is 0. The zero-order chi connectivity index (χ0) is 13.5. The van der Waals surface area contributed by atoms with Crippen molar-refractivity contribution in [2.75, 3.05) is 13.2 Å². The molecule has 0 aliphatic heterocycles. The molecule has 0 saturated carbocycles. The standard InChI is InChI=1S/C16H19NO2/c17-15(10-11-18)12-19-16-8-6-14(7-9-16)13-4-2-1-3-5-13/h1-9,15,18H,10-12,17H2. The van der Waals surface area contributed by atoms with Gasteiger partial charge in [0, 0.05) is 12.6 Å². The highest BCUT2D eigenvalue weighted by Gasteiger charge is 2.03. The van der Waals surface area contributed by atoms with E-state index in [1.165, 1.54) is 5.56 Å². The molecule has 0 amide bonds. The second kappa shape index (κ2) is 6.92. The maximum absolute atomic E-state index is 8.76. The van der Waals surface area contributed by atoms with Gasteiger partial charge in [0.2, 0.25) is 0 Å². The van der Waals surface area contributed by atoms with Crippen LogP contribution in [0.1, 0.15) is 6.42 Å². The van der Waals surface area contributed by atoms with Crippen molar-refractivity contribution in [3.05, 3.63) is 54.6 Å². The van der Waals surface area contributed by atoms with Gasteiger partial charge in [-0.2, -0.15) is 0 Å². The van der Waals surface area contributed by atoms with Crippen molar-refractivity contribution in [3.63, 3.8) is 0 Å².